The van der Waals surface area contributed by atoms with Gasteiger partial charge in [0.1, 0.15) is 17.2 Å². The molecule has 0 aliphatic carbocycles. The number of carbonyl (C=O) groups excluding carboxylic acids is 1. The molecule has 0 bridgehead atoms. The van der Waals surface area contributed by atoms with Crippen LogP contribution in [0.2, 0.25) is 0 Å². The van der Waals surface area contributed by atoms with Crippen molar-refractivity contribution in [3.8, 4) is 17.2 Å². The maximum atomic E-state index is 12.3. The number of nitrogens with one attached hydrogen (secondary N) is 2. The molecule has 0 aliphatic heterocycles. The number of methoxy groups -OCH3 is 2. The molecule has 0 radical (unpaired) electrons. The van der Waals surface area contributed by atoms with Crippen molar-refractivity contribution in [3.05, 3.63) is 48.0 Å². The third-order valence-corrected chi connectivity index (χ3v) is 3.50. The molecular weight excluding hydrogens is 340 g/mol. The van der Waals surface area contributed by atoms with Crippen LogP contribution in [0.3, 0.4) is 0 Å². The predicted octanol–water partition coefficient (Wildman–Crippen LogP) is 3.23. The van der Waals surface area contributed by atoms with Gasteiger partial charge in [0.15, 0.2) is 5.11 Å². The van der Waals surface area contributed by atoms with Crippen molar-refractivity contribution in [2.75, 3.05) is 26.1 Å². The second-order valence-electron chi connectivity index (χ2n) is 4.94. The lowest BCUT2D eigenvalue weighted by Crippen LogP contribution is -2.34. The summed E-state index contributed by atoms with van der Waals surface area (Å²) in [6, 6.07) is 12.1. The lowest BCUT2D eigenvalue weighted by atomic mass is 10.2. The standard InChI is InChI=1S/C18H20N2O4S/c1-4-24-14-7-5-6-12(10-14)17(21)20-18(25)19-15-9-8-13(22-2)11-16(15)23-3/h5-11H,4H2,1-3H3,(H2,19,20,21,25). The van der Waals surface area contributed by atoms with Gasteiger partial charge in [-0.15, -0.1) is 0 Å². The molecule has 0 aliphatic rings. The average molecular weight is 360 g/mol. The number of thiocarbonyl (C=S) groups is 1. The highest BCUT2D eigenvalue weighted by Gasteiger charge is 2.11. The Kier molecular flexibility index (Phi) is 6.59. The van der Waals surface area contributed by atoms with Crippen LogP contribution in [0.15, 0.2) is 42.5 Å². The fraction of sp³-hybridized carbons (Fsp3) is 0.222. The topological polar surface area (TPSA) is 68.8 Å². The molecule has 2 aromatic carbocycles. The number of hydrogen-bond acceptors (Lipinski definition) is 5. The van der Waals surface area contributed by atoms with Crippen LogP contribution < -0.4 is 24.8 Å². The molecular formula is C18H20N2O4S. The van der Waals surface area contributed by atoms with Crippen molar-refractivity contribution in [1.29, 1.82) is 0 Å². The van der Waals surface area contributed by atoms with Crippen LogP contribution in [-0.4, -0.2) is 31.8 Å². The van der Waals surface area contributed by atoms with E-state index < -0.39 is 0 Å². The number of amides is 1. The Labute approximate surface area is 152 Å². The Morgan fingerprint density at radius 3 is 2.56 bits per heavy atom. The summed E-state index contributed by atoms with van der Waals surface area (Å²) in [5.41, 5.74) is 1.08. The zero-order valence-electron chi connectivity index (χ0n) is 14.3. The van der Waals surface area contributed by atoms with Crippen LogP contribution in [-0.2, 0) is 0 Å². The molecule has 7 heteroatoms. The molecule has 0 saturated heterocycles. The van der Waals surface area contributed by atoms with Gasteiger partial charge in [0.25, 0.3) is 5.91 Å². The van der Waals surface area contributed by atoms with Crippen LogP contribution >= 0.6 is 12.2 Å². The summed E-state index contributed by atoms with van der Waals surface area (Å²) in [4.78, 5) is 12.3. The maximum absolute atomic E-state index is 12.3. The molecule has 6 nitrogen and oxygen atoms in total. The Morgan fingerprint density at radius 2 is 1.88 bits per heavy atom. The highest BCUT2D eigenvalue weighted by Crippen LogP contribution is 2.28. The van der Waals surface area contributed by atoms with Crippen LogP contribution in [0.5, 0.6) is 17.2 Å². The molecule has 2 rings (SSSR count). The number of benzene rings is 2. The maximum Gasteiger partial charge on any atom is 0.257 e. The summed E-state index contributed by atoms with van der Waals surface area (Å²) in [5.74, 6) is 1.51. The molecule has 1 amide bonds. The Hall–Kier alpha value is -2.80. The third-order valence-electron chi connectivity index (χ3n) is 3.29. The number of rotatable bonds is 6. The minimum atomic E-state index is -0.327. The predicted molar refractivity (Wildman–Crippen MR) is 101 cm³/mol. The lowest BCUT2D eigenvalue weighted by Gasteiger charge is -2.14. The molecule has 0 heterocycles. The van der Waals surface area contributed by atoms with Crippen LogP contribution in [0.1, 0.15) is 17.3 Å². The first-order chi connectivity index (χ1) is 12.1. The van der Waals surface area contributed by atoms with E-state index in [0.29, 0.717) is 35.1 Å². The van der Waals surface area contributed by atoms with Gasteiger partial charge < -0.3 is 19.5 Å². The van der Waals surface area contributed by atoms with E-state index in [2.05, 4.69) is 10.6 Å². The van der Waals surface area contributed by atoms with E-state index in [1.807, 2.05) is 6.92 Å². The van der Waals surface area contributed by atoms with Gasteiger partial charge in [0.05, 0.1) is 26.5 Å². The third kappa shape index (κ3) is 5.09. The molecule has 0 atom stereocenters. The van der Waals surface area contributed by atoms with Gasteiger partial charge in [-0.05, 0) is 49.5 Å². The Morgan fingerprint density at radius 1 is 1.08 bits per heavy atom. The van der Waals surface area contributed by atoms with Gasteiger partial charge in [0, 0.05) is 11.6 Å². The summed E-state index contributed by atoms with van der Waals surface area (Å²) < 4.78 is 15.8. The quantitative estimate of drug-likeness (QED) is 0.771. The van der Waals surface area contributed by atoms with Gasteiger partial charge in [-0.3, -0.25) is 10.1 Å². The lowest BCUT2D eigenvalue weighted by molar-refractivity contribution is 0.0977. The molecule has 0 aromatic heterocycles. The minimum Gasteiger partial charge on any atom is -0.497 e. The van der Waals surface area contributed by atoms with Crippen LogP contribution in [0, 0.1) is 0 Å². The van der Waals surface area contributed by atoms with Crippen LogP contribution in [0.25, 0.3) is 0 Å². The van der Waals surface area contributed by atoms with Crippen molar-refractivity contribution >= 4 is 28.9 Å². The molecule has 2 aromatic rings. The summed E-state index contributed by atoms with van der Waals surface area (Å²) in [5, 5.41) is 5.74. The fourth-order valence-electron chi connectivity index (χ4n) is 2.12. The van der Waals surface area contributed by atoms with Crippen molar-refractivity contribution in [1.82, 2.24) is 5.32 Å². The van der Waals surface area contributed by atoms with Crippen molar-refractivity contribution in [3.63, 3.8) is 0 Å². The highest BCUT2D eigenvalue weighted by molar-refractivity contribution is 7.80. The minimum absolute atomic E-state index is 0.162. The molecule has 0 fully saturated rings. The summed E-state index contributed by atoms with van der Waals surface area (Å²) >= 11 is 5.20. The molecule has 0 spiro atoms. The van der Waals surface area contributed by atoms with E-state index in [-0.39, 0.29) is 11.0 Å². The van der Waals surface area contributed by atoms with Gasteiger partial charge in [0.2, 0.25) is 0 Å². The first kappa shape index (κ1) is 18.5. The molecule has 0 unspecified atom stereocenters. The van der Waals surface area contributed by atoms with E-state index in [9.17, 15) is 4.79 Å². The average Bonchev–Trinajstić information content (AvgIpc) is 2.62. The van der Waals surface area contributed by atoms with Crippen molar-refractivity contribution in [2.24, 2.45) is 0 Å². The van der Waals surface area contributed by atoms with Gasteiger partial charge in [-0.1, -0.05) is 6.07 Å². The first-order valence-electron chi connectivity index (χ1n) is 7.64. The SMILES string of the molecule is CCOc1cccc(C(=O)NC(=S)Nc2ccc(OC)cc2OC)c1. The first-order valence-corrected chi connectivity index (χ1v) is 8.05. The number of ether oxygens (including phenoxy) is 3. The van der Waals surface area contributed by atoms with Crippen LogP contribution in [0.4, 0.5) is 5.69 Å². The number of anilines is 1. The second kappa shape index (κ2) is 8.89. The highest BCUT2D eigenvalue weighted by atomic mass is 32.1. The Balaban J connectivity index is 2.05. The molecule has 132 valence electrons. The van der Waals surface area contributed by atoms with Gasteiger partial charge >= 0.3 is 0 Å². The zero-order valence-corrected chi connectivity index (χ0v) is 15.1. The monoisotopic (exact) mass is 360 g/mol. The summed E-state index contributed by atoms with van der Waals surface area (Å²) in [6.45, 7) is 2.41. The van der Waals surface area contributed by atoms with E-state index >= 15 is 0 Å². The smallest absolute Gasteiger partial charge is 0.257 e. The normalized spacial score (nSPS) is 9.88. The zero-order chi connectivity index (χ0) is 18.2. The van der Waals surface area contributed by atoms with E-state index in [4.69, 9.17) is 26.4 Å². The fourth-order valence-corrected chi connectivity index (χ4v) is 2.33. The van der Waals surface area contributed by atoms with Crippen molar-refractivity contribution < 1.29 is 19.0 Å². The summed E-state index contributed by atoms with van der Waals surface area (Å²) in [6.07, 6.45) is 0. The van der Waals surface area contributed by atoms with Gasteiger partial charge in [-0.2, -0.15) is 0 Å². The van der Waals surface area contributed by atoms with E-state index in [0.717, 1.165) is 0 Å². The largest absolute Gasteiger partial charge is 0.497 e. The van der Waals surface area contributed by atoms with Gasteiger partial charge in [-0.25, -0.2) is 0 Å². The second-order valence-corrected chi connectivity index (χ2v) is 5.34. The Bertz CT molecular complexity index is 764. The van der Waals surface area contributed by atoms with E-state index in [1.165, 1.54) is 0 Å². The van der Waals surface area contributed by atoms with Crippen molar-refractivity contribution in [2.45, 2.75) is 6.92 Å². The molecule has 2 N–H and O–H groups in total. The molecule has 0 saturated carbocycles. The summed E-state index contributed by atoms with van der Waals surface area (Å²) in [7, 11) is 3.11. The van der Waals surface area contributed by atoms with E-state index in [1.54, 1.807) is 56.7 Å². The number of carbonyl (C=O) groups is 1. The molecule has 25 heavy (non-hydrogen) atoms. The number of hydrogen-bond donors (Lipinski definition) is 2.